The fourth-order valence-corrected chi connectivity index (χ4v) is 2.72. The Balaban J connectivity index is 2.24. The molecule has 0 radical (unpaired) electrons. The Morgan fingerprint density at radius 1 is 0.818 bits per heavy atom. The lowest BCUT2D eigenvalue weighted by molar-refractivity contribution is 0.179. The minimum absolute atomic E-state index is 0.269. The van der Waals surface area contributed by atoms with Gasteiger partial charge in [0.2, 0.25) is 0 Å². The lowest BCUT2D eigenvalue weighted by Gasteiger charge is -2.31. The van der Waals surface area contributed by atoms with Crippen LogP contribution in [0.3, 0.4) is 0 Å². The van der Waals surface area contributed by atoms with Crippen molar-refractivity contribution in [3.05, 3.63) is 71.8 Å². The molecule has 2 aromatic rings. The summed E-state index contributed by atoms with van der Waals surface area (Å²) in [7, 11) is 0. The molecule has 0 fully saturated rings. The second-order valence-corrected chi connectivity index (χ2v) is 5.96. The number of hydrogen-bond donors (Lipinski definition) is 0. The summed E-state index contributed by atoms with van der Waals surface area (Å²) in [6.45, 7) is 8.27. The van der Waals surface area contributed by atoms with Gasteiger partial charge in [-0.05, 0) is 24.0 Å². The molecule has 22 heavy (non-hydrogen) atoms. The zero-order chi connectivity index (χ0) is 15.8. The van der Waals surface area contributed by atoms with E-state index >= 15 is 0 Å². The first kappa shape index (κ1) is 16.3. The number of nitrogens with zero attached hydrogens (tertiary/aromatic N) is 1. The van der Waals surface area contributed by atoms with Gasteiger partial charge in [-0.2, -0.15) is 0 Å². The monoisotopic (exact) mass is 291 g/mol. The molecule has 0 N–H and O–H groups in total. The second kappa shape index (κ2) is 8.41. The first-order chi connectivity index (χ1) is 10.7. The van der Waals surface area contributed by atoms with Gasteiger partial charge in [-0.25, -0.2) is 0 Å². The van der Waals surface area contributed by atoms with Crippen LogP contribution in [-0.4, -0.2) is 10.9 Å². The highest BCUT2D eigenvalue weighted by Crippen LogP contribution is 2.18. The summed E-state index contributed by atoms with van der Waals surface area (Å²) in [6, 6.07) is 21.6. The average molecular weight is 291 g/mol. The first-order valence-corrected chi connectivity index (χ1v) is 7.95. The molecule has 0 aromatic heterocycles. The van der Waals surface area contributed by atoms with Gasteiger partial charge in [0.05, 0.1) is 6.04 Å². The molecule has 2 rings (SSSR count). The third-order valence-corrected chi connectivity index (χ3v) is 3.77. The van der Waals surface area contributed by atoms with Gasteiger partial charge in [-0.15, -0.1) is 5.92 Å². The maximum Gasteiger partial charge on any atom is 0.0743 e. The molecule has 2 aromatic carbocycles. The van der Waals surface area contributed by atoms with E-state index in [1.165, 1.54) is 11.1 Å². The number of benzene rings is 2. The third-order valence-electron chi connectivity index (χ3n) is 3.77. The van der Waals surface area contributed by atoms with E-state index in [1.54, 1.807) is 0 Å². The van der Waals surface area contributed by atoms with Crippen LogP contribution in [0.25, 0.3) is 0 Å². The fourth-order valence-electron chi connectivity index (χ4n) is 2.72. The van der Waals surface area contributed by atoms with E-state index in [-0.39, 0.29) is 6.04 Å². The Labute approximate surface area is 135 Å². The Morgan fingerprint density at radius 2 is 1.27 bits per heavy atom. The van der Waals surface area contributed by atoms with Crippen LogP contribution in [0.2, 0.25) is 0 Å². The third kappa shape index (κ3) is 4.76. The van der Waals surface area contributed by atoms with Gasteiger partial charge >= 0.3 is 0 Å². The molecule has 0 amide bonds. The molecule has 1 nitrogen and oxygen atoms in total. The van der Waals surface area contributed by atoms with Gasteiger partial charge < -0.3 is 0 Å². The molecule has 114 valence electrons. The van der Waals surface area contributed by atoms with Crippen LogP contribution >= 0.6 is 0 Å². The molecule has 0 spiro atoms. The standard InChI is InChI=1S/C21H25N/c1-4-11-21(18(2)3)22(16-19-12-7-5-8-13-19)17-20-14-9-6-10-15-20/h5-10,12-15,18,21H,16-17H2,1-3H3/t21-/m0/s1. The highest BCUT2D eigenvalue weighted by atomic mass is 15.2. The van der Waals surface area contributed by atoms with Crippen LogP contribution < -0.4 is 0 Å². The van der Waals surface area contributed by atoms with Crippen molar-refractivity contribution < 1.29 is 0 Å². The van der Waals surface area contributed by atoms with E-state index in [0.717, 1.165) is 13.1 Å². The molecule has 0 aliphatic carbocycles. The largest absolute Gasteiger partial charge is 0.281 e. The lowest BCUT2D eigenvalue weighted by Crippen LogP contribution is -2.37. The van der Waals surface area contributed by atoms with Crippen molar-refractivity contribution >= 4 is 0 Å². The molecular weight excluding hydrogens is 266 g/mol. The van der Waals surface area contributed by atoms with Crippen LogP contribution in [0.1, 0.15) is 31.9 Å². The Bertz CT molecular complexity index is 563. The van der Waals surface area contributed by atoms with Crippen molar-refractivity contribution in [1.82, 2.24) is 4.90 Å². The van der Waals surface area contributed by atoms with E-state index in [4.69, 9.17) is 0 Å². The fraction of sp³-hybridized carbons (Fsp3) is 0.333. The van der Waals surface area contributed by atoms with Gasteiger partial charge in [-0.1, -0.05) is 80.4 Å². The predicted octanol–water partition coefficient (Wildman–Crippen LogP) is 4.74. The first-order valence-electron chi connectivity index (χ1n) is 7.95. The SMILES string of the molecule is CC#C[C@@H](C(C)C)N(Cc1ccccc1)Cc1ccccc1. The van der Waals surface area contributed by atoms with Crippen molar-refractivity contribution in [3.8, 4) is 11.8 Å². The van der Waals surface area contributed by atoms with Crippen molar-refractivity contribution in [1.29, 1.82) is 0 Å². The average Bonchev–Trinajstić information content (AvgIpc) is 2.54. The summed E-state index contributed by atoms with van der Waals surface area (Å²) in [5, 5.41) is 0. The minimum Gasteiger partial charge on any atom is -0.281 e. The maximum atomic E-state index is 3.40. The van der Waals surface area contributed by atoms with Crippen molar-refractivity contribution in [2.45, 2.75) is 39.9 Å². The highest BCUT2D eigenvalue weighted by molar-refractivity contribution is 5.19. The predicted molar refractivity (Wildman–Crippen MR) is 94.2 cm³/mol. The molecule has 0 saturated carbocycles. The van der Waals surface area contributed by atoms with Gasteiger partial charge in [0, 0.05) is 13.1 Å². The summed E-state index contributed by atoms with van der Waals surface area (Å²) in [4.78, 5) is 2.48. The molecule has 0 bridgehead atoms. The molecule has 1 heteroatoms. The van der Waals surface area contributed by atoms with Crippen LogP contribution in [-0.2, 0) is 13.1 Å². The molecule has 0 aliphatic rings. The van der Waals surface area contributed by atoms with Crippen molar-refractivity contribution in [2.24, 2.45) is 5.92 Å². The van der Waals surface area contributed by atoms with Gasteiger partial charge in [0.1, 0.15) is 0 Å². The van der Waals surface area contributed by atoms with Crippen LogP contribution in [0.5, 0.6) is 0 Å². The van der Waals surface area contributed by atoms with Gasteiger partial charge in [0.25, 0.3) is 0 Å². The van der Waals surface area contributed by atoms with Gasteiger partial charge in [-0.3, -0.25) is 4.90 Å². The Kier molecular flexibility index (Phi) is 6.25. The van der Waals surface area contributed by atoms with Crippen molar-refractivity contribution in [3.63, 3.8) is 0 Å². The summed E-state index contributed by atoms with van der Waals surface area (Å²) >= 11 is 0. The van der Waals surface area contributed by atoms with Crippen LogP contribution in [0, 0.1) is 17.8 Å². The van der Waals surface area contributed by atoms with E-state index < -0.39 is 0 Å². The van der Waals surface area contributed by atoms with E-state index in [9.17, 15) is 0 Å². The molecular formula is C21H25N. The minimum atomic E-state index is 0.269. The highest BCUT2D eigenvalue weighted by Gasteiger charge is 2.20. The van der Waals surface area contributed by atoms with Gasteiger partial charge in [0.15, 0.2) is 0 Å². The Morgan fingerprint density at radius 3 is 1.64 bits per heavy atom. The zero-order valence-corrected chi connectivity index (χ0v) is 13.8. The van der Waals surface area contributed by atoms with E-state index in [0.29, 0.717) is 5.92 Å². The molecule has 0 heterocycles. The van der Waals surface area contributed by atoms with E-state index in [1.807, 2.05) is 6.92 Å². The zero-order valence-electron chi connectivity index (χ0n) is 13.8. The molecule has 0 unspecified atom stereocenters. The van der Waals surface area contributed by atoms with E-state index in [2.05, 4.69) is 91.3 Å². The normalized spacial score (nSPS) is 12.0. The van der Waals surface area contributed by atoms with Crippen LogP contribution in [0.4, 0.5) is 0 Å². The molecule has 0 aliphatic heterocycles. The van der Waals surface area contributed by atoms with Crippen LogP contribution in [0.15, 0.2) is 60.7 Å². The molecule has 0 saturated heterocycles. The lowest BCUT2D eigenvalue weighted by atomic mass is 10.0. The maximum absolute atomic E-state index is 3.40. The van der Waals surface area contributed by atoms with Crippen molar-refractivity contribution in [2.75, 3.05) is 0 Å². The quantitative estimate of drug-likeness (QED) is 0.695. The number of hydrogen-bond acceptors (Lipinski definition) is 1. The second-order valence-electron chi connectivity index (χ2n) is 5.96. The Hall–Kier alpha value is -2.04. The smallest absolute Gasteiger partial charge is 0.0743 e. The molecule has 1 atom stereocenters. The summed E-state index contributed by atoms with van der Waals surface area (Å²) < 4.78 is 0. The summed E-state index contributed by atoms with van der Waals surface area (Å²) in [5.41, 5.74) is 2.67. The number of rotatable bonds is 6. The topological polar surface area (TPSA) is 3.24 Å². The summed E-state index contributed by atoms with van der Waals surface area (Å²) in [5.74, 6) is 7.01. The summed E-state index contributed by atoms with van der Waals surface area (Å²) in [6.07, 6.45) is 0.